The molecule has 0 spiro atoms. The highest BCUT2D eigenvalue weighted by molar-refractivity contribution is 7.98. The first kappa shape index (κ1) is 15.7. The van der Waals surface area contributed by atoms with Crippen molar-refractivity contribution in [1.29, 1.82) is 0 Å². The topological polar surface area (TPSA) is 50.9 Å². The number of hydrogen-bond acceptors (Lipinski definition) is 4. The van der Waals surface area contributed by atoms with Crippen LogP contribution in [-0.2, 0) is 0 Å². The summed E-state index contributed by atoms with van der Waals surface area (Å²) in [5.41, 5.74) is 5.63. The maximum Gasteiger partial charge on any atom is 0.147 e. The molecule has 18 heavy (non-hydrogen) atoms. The first-order valence-corrected chi connectivity index (χ1v) is 8.14. The normalized spacial score (nSPS) is 10.6. The predicted octanol–water partition coefficient (Wildman–Crippen LogP) is 4.31. The minimum absolute atomic E-state index is 0.309. The Morgan fingerprint density at radius 1 is 1.22 bits per heavy atom. The third kappa shape index (κ3) is 5.55. The van der Waals surface area contributed by atoms with E-state index in [0.29, 0.717) is 21.7 Å². The molecule has 3 N–H and O–H groups in total. The first-order chi connectivity index (χ1) is 8.65. The molecule has 0 unspecified atom stereocenters. The Morgan fingerprint density at radius 2 is 1.94 bits per heavy atom. The second kappa shape index (κ2) is 8.73. The van der Waals surface area contributed by atoms with Crippen molar-refractivity contribution in [3.8, 4) is 0 Å². The van der Waals surface area contributed by atoms with Crippen molar-refractivity contribution in [3.05, 3.63) is 16.1 Å². The molecule has 0 aliphatic heterocycles. The monoisotopic (exact) mass is 307 g/mol. The molecule has 0 saturated heterocycles. The summed E-state index contributed by atoms with van der Waals surface area (Å²) in [5, 5.41) is 4.09. The number of anilines is 2. The lowest BCUT2D eigenvalue weighted by Crippen LogP contribution is -2.05. The van der Waals surface area contributed by atoms with Crippen LogP contribution in [0.3, 0.4) is 0 Å². The number of nitrogens with zero attached hydrogens (tertiary/aromatic N) is 1. The molecule has 0 amide bonds. The maximum absolute atomic E-state index is 6.02. The number of thioether (sulfide) groups is 1. The van der Waals surface area contributed by atoms with E-state index in [4.69, 9.17) is 28.9 Å². The van der Waals surface area contributed by atoms with Crippen LogP contribution in [0.2, 0.25) is 10.0 Å². The van der Waals surface area contributed by atoms with E-state index in [-0.39, 0.29) is 0 Å². The van der Waals surface area contributed by atoms with E-state index in [1.54, 1.807) is 6.07 Å². The highest BCUT2D eigenvalue weighted by Crippen LogP contribution is 2.27. The smallest absolute Gasteiger partial charge is 0.147 e. The van der Waals surface area contributed by atoms with Gasteiger partial charge in [0.25, 0.3) is 0 Å². The third-order valence-corrected chi connectivity index (χ3v) is 3.81. The van der Waals surface area contributed by atoms with E-state index in [9.17, 15) is 0 Å². The number of unbranched alkanes of at least 4 members (excludes halogenated alkanes) is 3. The Hall–Kier alpha value is -0.320. The van der Waals surface area contributed by atoms with Crippen molar-refractivity contribution in [2.24, 2.45) is 0 Å². The Labute approximate surface area is 123 Å². The largest absolute Gasteiger partial charge is 0.382 e. The summed E-state index contributed by atoms with van der Waals surface area (Å²) in [4.78, 5) is 4.12. The molecule has 0 aliphatic carbocycles. The molecule has 3 nitrogen and oxygen atoms in total. The minimum Gasteiger partial charge on any atom is -0.382 e. The molecule has 1 heterocycles. The van der Waals surface area contributed by atoms with Crippen LogP contribution in [0.25, 0.3) is 0 Å². The number of hydrogen-bond donors (Lipinski definition) is 2. The van der Waals surface area contributed by atoms with Gasteiger partial charge in [0.05, 0.1) is 10.0 Å². The molecule has 1 aromatic heterocycles. The van der Waals surface area contributed by atoms with Gasteiger partial charge in [0.15, 0.2) is 0 Å². The minimum atomic E-state index is 0.309. The van der Waals surface area contributed by atoms with Crippen LogP contribution in [-0.4, -0.2) is 23.5 Å². The maximum atomic E-state index is 6.02. The fourth-order valence-electron chi connectivity index (χ4n) is 1.54. The molecule has 0 radical (unpaired) electrons. The zero-order valence-corrected chi connectivity index (χ0v) is 12.8. The van der Waals surface area contributed by atoms with E-state index in [1.165, 1.54) is 25.0 Å². The van der Waals surface area contributed by atoms with Crippen molar-refractivity contribution in [3.63, 3.8) is 0 Å². The Morgan fingerprint density at radius 3 is 2.67 bits per heavy atom. The van der Waals surface area contributed by atoms with Crippen LogP contribution < -0.4 is 11.1 Å². The summed E-state index contributed by atoms with van der Waals surface area (Å²) in [6.45, 7) is 0.854. The Kier molecular flexibility index (Phi) is 7.63. The van der Waals surface area contributed by atoms with Gasteiger partial charge in [0.1, 0.15) is 11.6 Å². The van der Waals surface area contributed by atoms with Gasteiger partial charge < -0.3 is 11.1 Å². The second-order valence-electron chi connectivity index (χ2n) is 4.02. The molecule has 102 valence electrons. The van der Waals surface area contributed by atoms with E-state index in [0.717, 1.165) is 13.0 Å². The summed E-state index contributed by atoms with van der Waals surface area (Å²) in [7, 11) is 0. The molecule has 0 saturated carbocycles. The van der Waals surface area contributed by atoms with Gasteiger partial charge in [-0.25, -0.2) is 4.98 Å². The number of halogens is 2. The fourth-order valence-corrected chi connectivity index (χ4v) is 2.45. The van der Waals surface area contributed by atoms with Crippen molar-refractivity contribution >= 4 is 46.6 Å². The lowest BCUT2D eigenvalue weighted by Gasteiger charge is -2.09. The molecular weight excluding hydrogens is 289 g/mol. The van der Waals surface area contributed by atoms with Gasteiger partial charge in [0.2, 0.25) is 0 Å². The van der Waals surface area contributed by atoms with Crippen LogP contribution in [0.5, 0.6) is 0 Å². The molecular formula is C12H19Cl2N3S. The van der Waals surface area contributed by atoms with Gasteiger partial charge in [-0.15, -0.1) is 0 Å². The Bertz CT molecular complexity index is 375. The van der Waals surface area contributed by atoms with Crippen LogP contribution >= 0.6 is 35.0 Å². The standard InChI is InChI=1S/C12H19Cl2N3S/c1-18-7-5-3-2-4-6-16-12-10(14)8-9(13)11(15)17-12/h8H,2-7H2,1H3,(H3,15,16,17). The molecule has 0 aromatic carbocycles. The number of pyridine rings is 1. The summed E-state index contributed by atoms with van der Waals surface area (Å²) >= 11 is 13.7. The van der Waals surface area contributed by atoms with Crippen LogP contribution in [0.4, 0.5) is 11.6 Å². The van der Waals surface area contributed by atoms with Crippen molar-refractivity contribution in [2.45, 2.75) is 25.7 Å². The van der Waals surface area contributed by atoms with Crippen molar-refractivity contribution in [1.82, 2.24) is 4.98 Å². The first-order valence-electron chi connectivity index (χ1n) is 5.99. The van der Waals surface area contributed by atoms with Crippen LogP contribution in [0.1, 0.15) is 25.7 Å². The van der Waals surface area contributed by atoms with Gasteiger partial charge in [-0.05, 0) is 30.9 Å². The van der Waals surface area contributed by atoms with Gasteiger partial charge in [-0.3, -0.25) is 0 Å². The molecule has 0 fully saturated rings. The van der Waals surface area contributed by atoms with Crippen molar-refractivity contribution in [2.75, 3.05) is 29.6 Å². The van der Waals surface area contributed by atoms with Gasteiger partial charge in [0, 0.05) is 6.54 Å². The quantitative estimate of drug-likeness (QED) is 0.703. The molecule has 0 bridgehead atoms. The second-order valence-corrected chi connectivity index (χ2v) is 5.82. The summed E-state index contributed by atoms with van der Waals surface area (Å²) < 4.78 is 0. The summed E-state index contributed by atoms with van der Waals surface area (Å²) in [6, 6.07) is 1.62. The van der Waals surface area contributed by atoms with E-state index >= 15 is 0 Å². The van der Waals surface area contributed by atoms with Crippen LogP contribution in [0, 0.1) is 0 Å². The molecule has 6 heteroatoms. The Balaban J connectivity index is 2.25. The zero-order chi connectivity index (χ0) is 13.4. The van der Waals surface area contributed by atoms with E-state index in [1.807, 2.05) is 11.8 Å². The number of aromatic nitrogens is 1. The van der Waals surface area contributed by atoms with Crippen molar-refractivity contribution < 1.29 is 0 Å². The predicted molar refractivity (Wildman–Crippen MR) is 84.0 cm³/mol. The fraction of sp³-hybridized carbons (Fsp3) is 0.583. The SMILES string of the molecule is CSCCCCCCNc1nc(N)c(Cl)cc1Cl. The van der Waals surface area contributed by atoms with Gasteiger partial charge in [-0.2, -0.15) is 11.8 Å². The molecule has 1 rings (SSSR count). The van der Waals surface area contributed by atoms with Crippen LogP contribution in [0.15, 0.2) is 6.07 Å². The molecule has 1 aromatic rings. The average molecular weight is 308 g/mol. The number of nitrogen functional groups attached to an aromatic ring is 1. The highest BCUT2D eigenvalue weighted by atomic mass is 35.5. The third-order valence-electron chi connectivity index (χ3n) is 2.52. The highest BCUT2D eigenvalue weighted by Gasteiger charge is 2.06. The summed E-state index contributed by atoms with van der Waals surface area (Å²) in [5.74, 6) is 2.17. The van der Waals surface area contributed by atoms with Gasteiger partial charge in [-0.1, -0.05) is 36.0 Å². The lowest BCUT2D eigenvalue weighted by molar-refractivity contribution is 0.688. The lowest BCUT2D eigenvalue weighted by atomic mass is 10.2. The zero-order valence-electron chi connectivity index (χ0n) is 10.5. The van der Waals surface area contributed by atoms with E-state index in [2.05, 4.69) is 16.6 Å². The average Bonchev–Trinajstić information content (AvgIpc) is 2.34. The summed E-state index contributed by atoms with van der Waals surface area (Å²) in [6.07, 6.45) is 7.02. The number of nitrogens with two attached hydrogens (primary N) is 1. The number of nitrogens with one attached hydrogen (secondary N) is 1. The number of rotatable bonds is 8. The molecule has 0 aliphatic rings. The van der Waals surface area contributed by atoms with E-state index < -0.39 is 0 Å². The molecule has 0 atom stereocenters. The van der Waals surface area contributed by atoms with Gasteiger partial charge >= 0.3 is 0 Å².